The number of Topliss-reactive ketones (excluding diaryl/α,β-unsaturated/α-hetero) is 1. The second-order valence-corrected chi connectivity index (χ2v) is 6.61. The molecule has 0 fully saturated rings. The molecular weight excluding hydrogens is 349 g/mol. The lowest BCUT2D eigenvalue weighted by molar-refractivity contribution is -0.160. The van der Waals surface area contributed by atoms with E-state index < -0.39 is 47.2 Å². The van der Waals surface area contributed by atoms with Gasteiger partial charge in [0.1, 0.15) is 11.7 Å². The molecule has 1 aliphatic carbocycles. The fraction of sp³-hybridized carbons (Fsp3) is 0.421. The Labute approximate surface area is 149 Å². The molecule has 0 aliphatic heterocycles. The number of esters is 1. The Bertz CT molecular complexity index is 747. The summed E-state index contributed by atoms with van der Waals surface area (Å²) in [6.45, 7) is 3.07. The number of aldehydes is 1. The number of ketones is 1. The number of carbonyl (C=O) groups is 3. The molecule has 0 aromatic heterocycles. The van der Waals surface area contributed by atoms with Crippen LogP contribution in [0.1, 0.15) is 42.1 Å². The summed E-state index contributed by atoms with van der Waals surface area (Å²) < 4.78 is 44.8. The van der Waals surface area contributed by atoms with E-state index in [0.29, 0.717) is 17.4 Å². The van der Waals surface area contributed by atoms with E-state index >= 15 is 0 Å². The summed E-state index contributed by atoms with van der Waals surface area (Å²) >= 11 is 0. The third-order valence-electron chi connectivity index (χ3n) is 4.68. The minimum Gasteiger partial charge on any atom is -0.468 e. The summed E-state index contributed by atoms with van der Waals surface area (Å²) in [6, 6.07) is 5.78. The Hall–Kier alpha value is -2.44. The molecule has 140 valence electrons. The summed E-state index contributed by atoms with van der Waals surface area (Å²) in [5.74, 6) is -3.38. The van der Waals surface area contributed by atoms with Gasteiger partial charge in [0.05, 0.1) is 7.11 Å². The number of rotatable bonds is 5. The Balaban J connectivity index is 2.68. The first-order valence-corrected chi connectivity index (χ1v) is 8.03. The van der Waals surface area contributed by atoms with Crippen LogP contribution in [-0.4, -0.2) is 31.3 Å². The van der Waals surface area contributed by atoms with Crippen molar-refractivity contribution in [2.24, 2.45) is 11.3 Å². The molecule has 2 atom stereocenters. The Kier molecular flexibility index (Phi) is 5.39. The smallest absolute Gasteiger partial charge is 0.412 e. The summed E-state index contributed by atoms with van der Waals surface area (Å²) in [4.78, 5) is 36.3. The van der Waals surface area contributed by atoms with Gasteiger partial charge in [-0.15, -0.1) is 0 Å². The molecule has 1 aromatic carbocycles. The van der Waals surface area contributed by atoms with Crippen molar-refractivity contribution in [3.8, 4) is 0 Å². The van der Waals surface area contributed by atoms with E-state index in [2.05, 4.69) is 0 Å². The minimum atomic E-state index is -4.66. The number of halogens is 3. The third-order valence-corrected chi connectivity index (χ3v) is 4.68. The maximum atomic E-state index is 13.4. The summed E-state index contributed by atoms with van der Waals surface area (Å²) in [5, 5.41) is 0. The maximum Gasteiger partial charge on any atom is 0.412 e. The van der Waals surface area contributed by atoms with E-state index in [1.807, 2.05) is 0 Å². The van der Waals surface area contributed by atoms with Crippen molar-refractivity contribution in [3.05, 3.63) is 47.0 Å². The summed E-state index contributed by atoms with van der Waals surface area (Å²) in [5.41, 5.74) is -2.22. The molecule has 26 heavy (non-hydrogen) atoms. The highest BCUT2D eigenvalue weighted by atomic mass is 19.4. The summed E-state index contributed by atoms with van der Waals surface area (Å²) in [6.07, 6.45) is -3.90. The molecule has 0 amide bonds. The first-order valence-electron chi connectivity index (χ1n) is 8.03. The van der Waals surface area contributed by atoms with Gasteiger partial charge >= 0.3 is 12.1 Å². The van der Waals surface area contributed by atoms with Gasteiger partial charge in [0, 0.05) is 29.4 Å². The Morgan fingerprint density at radius 2 is 1.81 bits per heavy atom. The number of benzene rings is 1. The fourth-order valence-corrected chi connectivity index (χ4v) is 3.41. The minimum absolute atomic E-state index is 0.339. The molecule has 0 N–H and O–H groups in total. The van der Waals surface area contributed by atoms with Crippen LogP contribution in [0.25, 0.3) is 0 Å². The Morgan fingerprint density at radius 1 is 1.23 bits per heavy atom. The predicted octanol–water partition coefficient (Wildman–Crippen LogP) is 3.86. The van der Waals surface area contributed by atoms with Crippen molar-refractivity contribution in [1.82, 2.24) is 0 Å². The molecule has 0 radical (unpaired) electrons. The van der Waals surface area contributed by atoms with Crippen molar-refractivity contribution in [2.45, 2.75) is 32.4 Å². The zero-order chi connectivity index (χ0) is 19.7. The van der Waals surface area contributed by atoms with E-state index in [1.165, 1.54) is 38.1 Å². The molecule has 1 aromatic rings. The van der Waals surface area contributed by atoms with Crippen LogP contribution in [0.3, 0.4) is 0 Å². The van der Waals surface area contributed by atoms with Crippen molar-refractivity contribution in [2.75, 3.05) is 7.11 Å². The van der Waals surface area contributed by atoms with Gasteiger partial charge in [0.15, 0.2) is 5.78 Å². The fourth-order valence-electron chi connectivity index (χ4n) is 3.41. The number of carbonyl (C=O) groups excluding carboxylic acids is 3. The van der Waals surface area contributed by atoms with Gasteiger partial charge in [-0.3, -0.25) is 14.4 Å². The number of allylic oxidation sites excluding steroid dienone is 2. The molecule has 0 saturated carbocycles. The number of alkyl halides is 3. The Morgan fingerprint density at radius 3 is 2.23 bits per heavy atom. The lowest BCUT2D eigenvalue weighted by atomic mass is 9.67. The van der Waals surface area contributed by atoms with Gasteiger partial charge in [-0.1, -0.05) is 44.2 Å². The first kappa shape index (κ1) is 19.9. The highest BCUT2D eigenvalue weighted by Gasteiger charge is 2.60. The second-order valence-electron chi connectivity index (χ2n) is 6.61. The molecule has 7 heteroatoms. The molecule has 0 heterocycles. The molecule has 2 unspecified atom stereocenters. The van der Waals surface area contributed by atoms with E-state index in [9.17, 15) is 27.6 Å². The molecule has 0 bridgehead atoms. The first-order chi connectivity index (χ1) is 12.1. The molecule has 0 spiro atoms. The van der Waals surface area contributed by atoms with Crippen LogP contribution in [0.4, 0.5) is 13.2 Å². The lowest BCUT2D eigenvalue weighted by Gasteiger charge is -2.33. The molecule has 1 aliphatic rings. The van der Waals surface area contributed by atoms with Crippen LogP contribution >= 0.6 is 0 Å². The van der Waals surface area contributed by atoms with Crippen molar-refractivity contribution < 1.29 is 32.3 Å². The van der Waals surface area contributed by atoms with Gasteiger partial charge in [-0.05, 0) is 5.56 Å². The SMILES string of the molecule is COC(=O)C1(C(=O)C(C)C)CC(C(F)(F)F)=CC1c1ccc(C=O)cc1. The second kappa shape index (κ2) is 7.05. The van der Waals surface area contributed by atoms with Gasteiger partial charge in [-0.25, -0.2) is 0 Å². The number of hydrogen-bond donors (Lipinski definition) is 0. The standard InChI is InChI=1S/C19H19F3O4/c1-11(2)16(24)18(17(25)26-3)9-14(19(20,21)22)8-15(18)13-6-4-12(10-23)5-7-13/h4-8,10-11,15H,9H2,1-3H3. The highest BCUT2D eigenvalue weighted by molar-refractivity contribution is 6.07. The van der Waals surface area contributed by atoms with E-state index in [-0.39, 0.29) is 0 Å². The zero-order valence-electron chi connectivity index (χ0n) is 14.6. The third kappa shape index (κ3) is 3.30. The molecule has 4 nitrogen and oxygen atoms in total. The lowest BCUT2D eigenvalue weighted by Crippen LogP contribution is -2.45. The number of ether oxygens (including phenoxy) is 1. The average Bonchev–Trinajstić information content (AvgIpc) is 3.02. The number of methoxy groups -OCH3 is 1. The normalized spacial score (nSPS) is 22.9. The van der Waals surface area contributed by atoms with Crippen molar-refractivity contribution >= 4 is 18.0 Å². The summed E-state index contributed by atoms with van der Waals surface area (Å²) in [7, 11) is 1.05. The van der Waals surface area contributed by atoms with Gasteiger partial charge in [-0.2, -0.15) is 13.2 Å². The van der Waals surface area contributed by atoms with Crippen LogP contribution in [0.15, 0.2) is 35.9 Å². The largest absolute Gasteiger partial charge is 0.468 e. The number of hydrogen-bond acceptors (Lipinski definition) is 4. The van der Waals surface area contributed by atoms with E-state index in [4.69, 9.17) is 4.74 Å². The van der Waals surface area contributed by atoms with E-state index in [0.717, 1.165) is 13.2 Å². The quantitative estimate of drug-likeness (QED) is 0.343. The molecule has 2 rings (SSSR count). The van der Waals surface area contributed by atoms with Gasteiger partial charge < -0.3 is 4.74 Å². The van der Waals surface area contributed by atoms with Crippen molar-refractivity contribution in [3.63, 3.8) is 0 Å². The monoisotopic (exact) mass is 368 g/mol. The van der Waals surface area contributed by atoms with Crippen LogP contribution < -0.4 is 0 Å². The topological polar surface area (TPSA) is 60.4 Å². The molecular formula is C19H19F3O4. The van der Waals surface area contributed by atoms with E-state index in [1.54, 1.807) is 0 Å². The van der Waals surface area contributed by atoms with Crippen LogP contribution in [0, 0.1) is 11.3 Å². The highest BCUT2D eigenvalue weighted by Crippen LogP contribution is 2.54. The maximum absolute atomic E-state index is 13.4. The van der Waals surface area contributed by atoms with Gasteiger partial charge in [0.25, 0.3) is 0 Å². The zero-order valence-corrected chi connectivity index (χ0v) is 14.6. The predicted molar refractivity (Wildman–Crippen MR) is 87.6 cm³/mol. The van der Waals surface area contributed by atoms with Crippen LogP contribution in [0.2, 0.25) is 0 Å². The molecule has 0 saturated heterocycles. The average molecular weight is 368 g/mol. The van der Waals surface area contributed by atoms with Gasteiger partial charge in [0.2, 0.25) is 0 Å². The van der Waals surface area contributed by atoms with Crippen molar-refractivity contribution in [1.29, 1.82) is 0 Å². The van der Waals surface area contributed by atoms with Crippen LogP contribution in [-0.2, 0) is 14.3 Å². The van der Waals surface area contributed by atoms with Crippen LogP contribution in [0.5, 0.6) is 0 Å².